The summed E-state index contributed by atoms with van der Waals surface area (Å²) in [6.45, 7) is 6.13. The molecule has 0 aliphatic heterocycles. The zero-order valence-corrected chi connectivity index (χ0v) is 12.1. The first-order valence-electron chi connectivity index (χ1n) is 6.03. The molecule has 0 spiro atoms. The minimum atomic E-state index is 0.0431. The molecule has 1 aromatic carbocycles. The summed E-state index contributed by atoms with van der Waals surface area (Å²) in [5.74, 6) is 0. The number of thiazole rings is 1. The Balaban J connectivity index is 2.38. The van der Waals surface area contributed by atoms with Crippen molar-refractivity contribution in [2.75, 3.05) is 11.9 Å². The van der Waals surface area contributed by atoms with Gasteiger partial charge in [-0.15, -0.1) is 0 Å². The SMILES string of the molecule is Cc1ccccc1N(C)c1nc(C)c(C(C)N)s1. The summed E-state index contributed by atoms with van der Waals surface area (Å²) in [6, 6.07) is 8.36. The van der Waals surface area contributed by atoms with Crippen LogP contribution in [0.15, 0.2) is 24.3 Å². The van der Waals surface area contributed by atoms with E-state index < -0.39 is 0 Å². The summed E-state index contributed by atoms with van der Waals surface area (Å²) in [5, 5.41) is 0.995. The monoisotopic (exact) mass is 261 g/mol. The van der Waals surface area contributed by atoms with Crippen molar-refractivity contribution in [2.24, 2.45) is 5.73 Å². The number of hydrogen-bond acceptors (Lipinski definition) is 4. The predicted molar refractivity (Wildman–Crippen MR) is 78.7 cm³/mol. The maximum absolute atomic E-state index is 5.95. The standard InChI is InChI=1S/C14H19N3S/c1-9-7-5-6-8-12(9)17(4)14-16-11(3)13(18-14)10(2)15/h5-8,10H,15H2,1-4H3. The lowest BCUT2D eigenvalue weighted by atomic mass is 10.2. The van der Waals surface area contributed by atoms with E-state index in [0.717, 1.165) is 15.7 Å². The van der Waals surface area contributed by atoms with Crippen LogP contribution in [0.2, 0.25) is 0 Å². The van der Waals surface area contributed by atoms with Crippen LogP contribution >= 0.6 is 11.3 Å². The van der Waals surface area contributed by atoms with Crippen molar-refractivity contribution in [1.82, 2.24) is 4.98 Å². The topological polar surface area (TPSA) is 42.2 Å². The maximum atomic E-state index is 5.95. The Kier molecular flexibility index (Phi) is 3.68. The summed E-state index contributed by atoms with van der Waals surface area (Å²) in [6.07, 6.45) is 0. The number of rotatable bonds is 3. The lowest BCUT2D eigenvalue weighted by molar-refractivity contribution is 0.825. The molecule has 0 radical (unpaired) electrons. The van der Waals surface area contributed by atoms with Crippen molar-refractivity contribution in [1.29, 1.82) is 0 Å². The van der Waals surface area contributed by atoms with E-state index in [2.05, 4.69) is 28.9 Å². The number of aryl methyl sites for hydroxylation is 2. The van der Waals surface area contributed by atoms with Crippen LogP contribution in [0, 0.1) is 13.8 Å². The first-order valence-corrected chi connectivity index (χ1v) is 6.84. The molecular weight excluding hydrogens is 242 g/mol. The average molecular weight is 261 g/mol. The molecule has 96 valence electrons. The Hall–Kier alpha value is -1.39. The van der Waals surface area contributed by atoms with Crippen molar-refractivity contribution in [3.8, 4) is 0 Å². The molecule has 0 saturated carbocycles. The predicted octanol–water partition coefficient (Wildman–Crippen LogP) is 3.55. The molecule has 0 aliphatic rings. The Morgan fingerprint density at radius 3 is 2.50 bits per heavy atom. The van der Waals surface area contributed by atoms with Crippen LogP contribution < -0.4 is 10.6 Å². The Morgan fingerprint density at radius 2 is 1.94 bits per heavy atom. The highest BCUT2D eigenvalue weighted by Crippen LogP contribution is 2.33. The average Bonchev–Trinajstić information content (AvgIpc) is 2.71. The zero-order valence-electron chi connectivity index (χ0n) is 11.3. The first kappa shape index (κ1) is 13.1. The molecule has 18 heavy (non-hydrogen) atoms. The van der Waals surface area contributed by atoms with Gasteiger partial charge in [0.05, 0.1) is 5.69 Å². The third-order valence-electron chi connectivity index (χ3n) is 3.00. The summed E-state index contributed by atoms with van der Waals surface area (Å²) in [4.78, 5) is 7.90. The van der Waals surface area contributed by atoms with Crippen molar-refractivity contribution in [3.63, 3.8) is 0 Å². The van der Waals surface area contributed by atoms with E-state index in [1.807, 2.05) is 33.0 Å². The van der Waals surface area contributed by atoms with Crippen LogP contribution in [0.4, 0.5) is 10.8 Å². The van der Waals surface area contributed by atoms with Gasteiger partial charge in [-0.2, -0.15) is 0 Å². The summed E-state index contributed by atoms with van der Waals surface area (Å²) < 4.78 is 0. The van der Waals surface area contributed by atoms with Crippen LogP contribution in [0.25, 0.3) is 0 Å². The lowest BCUT2D eigenvalue weighted by Crippen LogP contribution is -2.10. The van der Waals surface area contributed by atoms with Gasteiger partial charge < -0.3 is 10.6 Å². The zero-order chi connectivity index (χ0) is 13.3. The van der Waals surface area contributed by atoms with Gasteiger partial charge in [-0.25, -0.2) is 4.98 Å². The van der Waals surface area contributed by atoms with Crippen molar-refractivity contribution >= 4 is 22.2 Å². The highest BCUT2D eigenvalue weighted by atomic mass is 32.1. The quantitative estimate of drug-likeness (QED) is 0.918. The molecule has 1 unspecified atom stereocenters. The van der Waals surface area contributed by atoms with Crippen LogP contribution in [0.3, 0.4) is 0 Å². The normalized spacial score (nSPS) is 12.5. The number of hydrogen-bond donors (Lipinski definition) is 1. The molecule has 1 heterocycles. The van der Waals surface area contributed by atoms with Crippen LogP contribution in [-0.2, 0) is 0 Å². The molecule has 4 heteroatoms. The molecule has 2 rings (SSSR count). The van der Waals surface area contributed by atoms with E-state index in [-0.39, 0.29) is 6.04 Å². The highest BCUT2D eigenvalue weighted by Gasteiger charge is 2.15. The fourth-order valence-corrected chi connectivity index (χ4v) is 3.00. The van der Waals surface area contributed by atoms with Gasteiger partial charge >= 0.3 is 0 Å². The number of aromatic nitrogens is 1. The van der Waals surface area contributed by atoms with Gasteiger partial charge in [-0.1, -0.05) is 29.5 Å². The maximum Gasteiger partial charge on any atom is 0.190 e. The highest BCUT2D eigenvalue weighted by molar-refractivity contribution is 7.15. The second kappa shape index (κ2) is 5.08. The molecule has 1 atom stereocenters. The van der Waals surface area contributed by atoms with E-state index in [1.165, 1.54) is 11.3 Å². The van der Waals surface area contributed by atoms with E-state index in [4.69, 9.17) is 5.73 Å². The van der Waals surface area contributed by atoms with Crippen molar-refractivity contribution in [2.45, 2.75) is 26.8 Å². The Morgan fingerprint density at radius 1 is 1.28 bits per heavy atom. The fourth-order valence-electron chi connectivity index (χ4n) is 2.00. The van der Waals surface area contributed by atoms with E-state index in [0.29, 0.717) is 0 Å². The number of anilines is 2. The van der Waals surface area contributed by atoms with Gasteiger partial charge in [0.1, 0.15) is 0 Å². The van der Waals surface area contributed by atoms with E-state index in [9.17, 15) is 0 Å². The summed E-state index contributed by atoms with van der Waals surface area (Å²) >= 11 is 1.67. The van der Waals surface area contributed by atoms with Gasteiger partial charge in [-0.3, -0.25) is 0 Å². The van der Waals surface area contributed by atoms with Gasteiger partial charge in [0.2, 0.25) is 0 Å². The largest absolute Gasteiger partial charge is 0.323 e. The minimum Gasteiger partial charge on any atom is -0.323 e. The van der Waals surface area contributed by atoms with Crippen LogP contribution in [0.1, 0.15) is 29.1 Å². The van der Waals surface area contributed by atoms with Gasteiger partial charge in [0.25, 0.3) is 0 Å². The molecule has 0 bridgehead atoms. The molecule has 0 saturated heterocycles. The third-order valence-corrected chi connectivity index (χ3v) is 4.43. The number of nitrogens with two attached hydrogens (primary N) is 1. The fraction of sp³-hybridized carbons (Fsp3) is 0.357. The molecule has 2 N–H and O–H groups in total. The molecule has 3 nitrogen and oxygen atoms in total. The molecule has 0 fully saturated rings. The van der Waals surface area contributed by atoms with Crippen molar-refractivity contribution < 1.29 is 0 Å². The summed E-state index contributed by atoms with van der Waals surface area (Å²) in [7, 11) is 2.05. The number of nitrogens with zero attached hydrogens (tertiary/aromatic N) is 2. The molecule has 0 amide bonds. The molecular formula is C14H19N3S. The van der Waals surface area contributed by atoms with Crippen LogP contribution in [0.5, 0.6) is 0 Å². The second-order valence-electron chi connectivity index (χ2n) is 4.58. The molecule has 0 aliphatic carbocycles. The third kappa shape index (κ3) is 2.40. The second-order valence-corrected chi connectivity index (χ2v) is 5.59. The smallest absolute Gasteiger partial charge is 0.190 e. The summed E-state index contributed by atoms with van der Waals surface area (Å²) in [5.41, 5.74) is 9.41. The molecule has 1 aromatic heterocycles. The van der Waals surface area contributed by atoms with Crippen LogP contribution in [-0.4, -0.2) is 12.0 Å². The Bertz CT molecular complexity index is 546. The van der Waals surface area contributed by atoms with Gasteiger partial charge in [-0.05, 0) is 32.4 Å². The molecule has 2 aromatic rings. The van der Waals surface area contributed by atoms with Gasteiger partial charge in [0.15, 0.2) is 5.13 Å². The number of para-hydroxylation sites is 1. The van der Waals surface area contributed by atoms with Gasteiger partial charge in [0, 0.05) is 23.7 Å². The minimum absolute atomic E-state index is 0.0431. The lowest BCUT2D eigenvalue weighted by Gasteiger charge is -2.18. The number of benzene rings is 1. The Labute approximate surface area is 112 Å². The van der Waals surface area contributed by atoms with E-state index in [1.54, 1.807) is 11.3 Å². The first-order chi connectivity index (χ1) is 8.50. The van der Waals surface area contributed by atoms with E-state index >= 15 is 0 Å². The van der Waals surface area contributed by atoms with Crippen molar-refractivity contribution in [3.05, 3.63) is 40.4 Å².